The van der Waals surface area contributed by atoms with Crippen LogP contribution in [0, 0.1) is 12.8 Å². The van der Waals surface area contributed by atoms with E-state index in [1.54, 1.807) is 0 Å². The van der Waals surface area contributed by atoms with Crippen molar-refractivity contribution in [1.82, 2.24) is 0 Å². The molecule has 0 atom stereocenters. The second-order valence-corrected chi connectivity index (χ2v) is 5.70. The van der Waals surface area contributed by atoms with Crippen LogP contribution < -0.4 is 5.73 Å². The van der Waals surface area contributed by atoms with Gasteiger partial charge in [0.05, 0.1) is 0 Å². The summed E-state index contributed by atoms with van der Waals surface area (Å²) in [5.41, 5.74) is 9.82. The molecule has 2 N–H and O–H groups in total. The van der Waals surface area contributed by atoms with Crippen LogP contribution in [0.25, 0.3) is 6.08 Å². The van der Waals surface area contributed by atoms with Gasteiger partial charge in [0, 0.05) is 11.6 Å². The van der Waals surface area contributed by atoms with Crippen molar-refractivity contribution in [2.24, 2.45) is 11.7 Å². The zero-order valence-corrected chi connectivity index (χ0v) is 11.8. The van der Waals surface area contributed by atoms with E-state index >= 15 is 0 Å². The van der Waals surface area contributed by atoms with Crippen LogP contribution in [0.4, 0.5) is 0 Å². The summed E-state index contributed by atoms with van der Waals surface area (Å²) in [4.78, 5) is 0. The average Bonchev–Trinajstić information content (AvgIpc) is 2.39. The van der Waals surface area contributed by atoms with Crippen molar-refractivity contribution in [3.8, 4) is 0 Å². The monoisotopic (exact) mass is 263 g/mol. The third-order valence-electron chi connectivity index (χ3n) is 3.94. The quantitative estimate of drug-likeness (QED) is 0.849. The Hall–Kier alpha value is -0.790. The van der Waals surface area contributed by atoms with E-state index in [9.17, 15) is 0 Å². The van der Waals surface area contributed by atoms with Crippen molar-refractivity contribution in [2.75, 3.05) is 6.54 Å². The minimum absolute atomic E-state index is 0.673. The summed E-state index contributed by atoms with van der Waals surface area (Å²) in [6.45, 7) is 2.78. The summed E-state index contributed by atoms with van der Waals surface area (Å²) in [6.07, 6.45) is 8.96. The maximum absolute atomic E-state index is 5.99. The molecule has 0 heterocycles. The van der Waals surface area contributed by atoms with Gasteiger partial charge in [-0.1, -0.05) is 48.6 Å². The highest BCUT2D eigenvalue weighted by atomic mass is 35.5. The summed E-state index contributed by atoms with van der Waals surface area (Å²) < 4.78 is 0. The Kier molecular flexibility index (Phi) is 4.85. The number of halogens is 1. The minimum Gasteiger partial charge on any atom is -0.327 e. The molecule has 0 amide bonds. The van der Waals surface area contributed by atoms with E-state index in [-0.39, 0.29) is 0 Å². The van der Waals surface area contributed by atoms with Crippen molar-refractivity contribution in [2.45, 2.75) is 39.0 Å². The molecule has 18 heavy (non-hydrogen) atoms. The van der Waals surface area contributed by atoms with Gasteiger partial charge in [-0.3, -0.25) is 0 Å². The second-order valence-electron chi connectivity index (χ2n) is 5.26. The van der Waals surface area contributed by atoms with Crippen LogP contribution in [0.5, 0.6) is 0 Å². The van der Waals surface area contributed by atoms with E-state index in [2.05, 4.69) is 19.1 Å². The summed E-state index contributed by atoms with van der Waals surface area (Å²) in [6, 6.07) is 6.06. The highest BCUT2D eigenvalue weighted by Gasteiger charge is 2.16. The van der Waals surface area contributed by atoms with Crippen LogP contribution in [0.1, 0.15) is 43.2 Å². The van der Waals surface area contributed by atoms with E-state index in [1.807, 2.05) is 12.1 Å². The molecular formula is C16H22ClN. The Morgan fingerprint density at radius 3 is 2.67 bits per heavy atom. The van der Waals surface area contributed by atoms with Gasteiger partial charge in [0.1, 0.15) is 0 Å². The Morgan fingerprint density at radius 2 is 2.06 bits per heavy atom. The predicted octanol–water partition coefficient (Wildman–Crippen LogP) is 4.57. The number of hydrogen-bond donors (Lipinski definition) is 1. The summed E-state index contributed by atoms with van der Waals surface area (Å²) >= 11 is 5.99. The molecule has 0 radical (unpaired) electrons. The van der Waals surface area contributed by atoms with Crippen LogP contribution in [-0.2, 0) is 0 Å². The summed E-state index contributed by atoms with van der Waals surface area (Å²) in [7, 11) is 0. The number of benzene rings is 1. The minimum atomic E-state index is 0.673. The van der Waals surface area contributed by atoms with E-state index in [4.69, 9.17) is 17.3 Å². The van der Waals surface area contributed by atoms with Crippen LogP contribution in [0.3, 0.4) is 0 Å². The lowest BCUT2D eigenvalue weighted by Gasteiger charge is -2.24. The fourth-order valence-electron chi connectivity index (χ4n) is 2.82. The molecule has 0 aliphatic heterocycles. The highest BCUT2D eigenvalue weighted by molar-refractivity contribution is 6.30. The number of nitrogens with two attached hydrogens (primary N) is 1. The molecule has 0 saturated heterocycles. The van der Waals surface area contributed by atoms with Gasteiger partial charge in [-0.05, 0) is 48.9 Å². The van der Waals surface area contributed by atoms with E-state index < -0.39 is 0 Å². The first kappa shape index (κ1) is 13.6. The number of rotatable bonds is 3. The standard InChI is InChI=1S/C16H22ClN/c1-12-9-16(17)8-7-14(12)10-15(11-18)13-5-3-2-4-6-13/h7-10,13H,2-6,11,18H2,1H3/b15-10-. The Morgan fingerprint density at radius 1 is 1.33 bits per heavy atom. The molecule has 1 saturated carbocycles. The fraction of sp³-hybridized carbons (Fsp3) is 0.500. The molecule has 1 aliphatic rings. The third-order valence-corrected chi connectivity index (χ3v) is 4.17. The van der Waals surface area contributed by atoms with E-state index in [0.717, 1.165) is 5.02 Å². The topological polar surface area (TPSA) is 26.0 Å². The van der Waals surface area contributed by atoms with Crippen molar-refractivity contribution >= 4 is 17.7 Å². The van der Waals surface area contributed by atoms with Gasteiger partial charge in [0.15, 0.2) is 0 Å². The molecule has 1 aromatic carbocycles. The Balaban J connectivity index is 2.22. The average molecular weight is 264 g/mol. The maximum Gasteiger partial charge on any atom is 0.0409 e. The molecule has 2 rings (SSSR count). The molecule has 1 nitrogen and oxygen atoms in total. The van der Waals surface area contributed by atoms with Crippen molar-refractivity contribution < 1.29 is 0 Å². The lowest BCUT2D eigenvalue weighted by atomic mass is 9.83. The Labute approximate surface area is 115 Å². The molecule has 1 aliphatic carbocycles. The molecule has 0 spiro atoms. The van der Waals surface area contributed by atoms with Gasteiger partial charge < -0.3 is 5.73 Å². The lowest BCUT2D eigenvalue weighted by molar-refractivity contribution is 0.401. The predicted molar refractivity (Wildman–Crippen MR) is 79.8 cm³/mol. The third kappa shape index (κ3) is 3.37. The van der Waals surface area contributed by atoms with Crippen LogP contribution in [-0.4, -0.2) is 6.54 Å². The maximum atomic E-state index is 5.99. The first-order chi connectivity index (χ1) is 8.70. The van der Waals surface area contributed by atoms with E-state index in [0.29, 0.717) is 12.5 Å². The molecule has 1 aromatic rings. The second kappa shape index (κ2) is 6.40. The highest BCUT2D eigenvalue weighted by Crippen LogP contribution is 2.31. The number of hydrogen-bond acceptors (Lipinski definition) is 1. The van der Waals surface area contributed by atoms with Crippen molar-refractivity contribution in [1.29, 1.82) is 0 Å². The molecule has 0 aromatic heterocycles. The first-order valence-corrected chi connectivity index (χ1v) is 7.25. The normalized spacial score (nSPS) is 18.1. The van der Waals surface area contributed by atoms with Crippen molar-refractivity contribution in [3.05, 3.63) is 39.9 Å². The van der Waals surface area contributed by atoms with Gasteiger partial charge in [-0.15, -0.1) is 0 Å². The van der Waals surface area contributed by atoms with Gasteiger partial charge in [-0.25, -0.2) is 0 Å². The largest absolute Gasteiger partial charge is 0.327 e. The van der Waals surface area contributed by atoms with Gasteiger partial charge in [0.25, 0.3) is 0 Å². The SMILES string of the molecule is Cc1cc(Cl)ccc1/C=C(/CN)C1CCCCC1. The molecule has 1 fully saturated rings. The zero-order valence-electron chi connectivity index (χ0n) is 11.1. The molecule has 0 bridgehead atoms. The Bertz CT molecular complexity index is 431. The van der Waals surface area contributed by atoms with Gasteiger partial charge in [-0.2, -0.15) is 0 Å². The smallest absolute Gasteiger partial charge is 0.0409 e. The first-order valence-electron chi connectivity index (χ1n) is 6.87. The van der Waals surface area contributed by atoms with Crippen LogP contribution in [0.2, 0.25) is 5.02 Å². The summed E-state index contributed by atoms with van der Waals surface area (Å²) in [5.74, 6) is 0.693. The van der Waals surface area contributed by atoms with Crippen LogP contribution >= 0.6 is 11.6 Å². The van der Waals surface area contributed by atoms with Gasteiger partial charge >= 0.3 is 0 Å². The molecule has 98 valence electrons. The summed E-state index contributed by atoms with van der Waals surface area (Å²) in [5, 5.41) is 0.802. The zero-order chi connectivity index (χ0) is 13.0. The van der Waals surface area contributed by atoms with Gasteiger partial charge in [0.2, 0.25) is 0 Å². The molecular weight excluding hydrogens is 242 g/mol. The molecule has 0 unspecified atom stereocenters. The number of aryl methyl sites for hydroxylation is 1. The van der Waals surface area contributed by atoms with Crippen LogP contribution in [0.15, 0.2) is 23.8 Å². The van der Waals surface area contributed by atoms with E-state index in [1.165, 1.54) is 48.8 Å². The molecule has 2 heteroatoms. The van der Waals surface area contributed by atoms with Crippen molar-refractivity contribution in [3.63, 3.8) is 0 Å². The fourth-order valence-corrected chi connectivity index (χ4v) is 3.04. The lowest BCUT2D eigenvalue weighted by Crippen LogP contribution is -2.16.